The minimum absolute atomic E-state index is 0. The molecule has 0 bridgehead atoms. The van der Waals surface area contributed by atoms with Crippen LogP contribution in [0, 0.1) is 0 Å². The maximum atomic E-state index is 0. The van der Waals surface area contributed by atoms with Gasteiger partial charge in [0.05, 0.1) is 0 Å². The summed E-state index contributed by atoms with van der Waals surface area (Å²) in [5, 5.41) is 0. The third kappa shape index (κ3) is 18.5. The first-order valence-corrected chi connectivity index (χ1v) is 0. The van der Waals surface area contributed by atoms with Crippen molar-refractivity contribution in [2.75, 3.05) is 0 Å². The molecule has 0 aliphatic carbocycles. The molecule has 0 aromatic rings. The van der Waals surface area contributed by atoms with Crippen LogP contribution in [0.15, 0.2) is 0 Å². The van der Waals surface area contributed by atoms with Crippen LogP contribution < -0.4 is 0 Å². The van der Waals surface area contributed by atoms with Crippen LogP contribution in [-0.4, -0.2) is 60.8 Å². The molecular formula is H2CaMgMnSZn. The summed E-state index contributed by atoms with van der Waals surface area (Å²) in [6, 6.07) is 0. The number of rotatable bonds is 0. The van der Waals surface area contributed by atoms with E-state index in [1.54, 1.807) is 0 Å². The topological polar surface area (TPSA) is 0 Å². The molecule has 0 nitrogen and oxygen atoms in total. The van der Waals surface area contributed by atoms with Gasteiger partial charge in [-0.05, 0) is 0 Å². The van der Waals surface area contributed by atoms with E-state index in [1.807, 2.05) is 0 Å². The maximum Gasteiger partial charge on any atom is 0 e. The van der Waals surface area contributed by atoms with E-state index in [4.69, 9.17) is 0 Å². The molecule has 0 aromatic heterocycles. The summed E-state index contributed by atoms with van der Waals surface area (Å²) in [4.78, 5) is 0. The van der Waals surface area contributed by atoms with Gasteiger partial charge in [-0.1, -0.05) is 0 Å². The molecule has 21 valence electrons. The molecule has 5 heavy (non-hydrogen) atoms. The Morgan fingerprint density at radius 1 is 1.00 bits per heavy atom. The molecule has 0 aromatic carbocycles. The summed E-state index contributed by atoms with van der Waals surface area (Å²) in [6.07, 6.45) is 0. The Morgan fingerprint density at radius 2 is 1.00 bits per heavy atom. The fourth-order valence-corrected chi connectivity index (χ4v) is 0. The molecule has 0 saturated heterocycles. The van der Waals surface area contributed by atoms with E-state index in [0.29, 0.717) is 0 Å². The first-order chi connectivity index (χ1) is 0. The standard InChI is InChI=1S/Ca.Mg.Mn.H2S.Zn/h;;;1H2;. The summed E-state index contributed by atoms with van der Waals surface area (Å²) in [5.41, 5.74) is 0. The smallest absolute Gasteiger partial charge is 0 e. The predicted molar refractivity (Wildman–Crippen MR) is 21.9 cm³/mol. The van der Waals surface area contributed by atoms with Crippen LogP contribution in [0.5, 0.6) is 0 Å². The zero-order valence-electron chi connectivity index (χ0n) is 3.00. The van der Waals surface area contributed by atoms with Crippen molar-refractivity contribution in [1.29, 1.82) is 0 Å². The molecule has 0 saturated carbocycles. The van der Waals surface area contributed by atoms with Gasteiger partial charge in [0.2, 0.25) is 0 Å². The molecule has 0 amide bonds. The molecule has 0 N–H and O–H groups in total. The van der Waals surface area contributed by atoms with Gasteiger partial charge in [-0.3, -0.25) is 0 Å². The van der Waals surface area contributed by atoms with Crippen LogP contribution in [0.1, 0.15) is 0 Å². The Bertz CT molecular complexity index is 11.6. The maximum absolute atomic E-state index is 0. The van der Waals surface area contributed by atoms with Gasteiger partial charge in [0.15, 0.2) is 0 Å². The van der Waals surface area contributed by atoms with E-state index in [1.165, 1.54) is 0 Å². The minimum atomic E-state index is 0. The van der Waals surface area contributed by atoms with Gasteiger partial charge in [0.25, 0.3) is 0 Å². The Balaban J connectivity index is 0. The zero-order chi connectivity index (χ0) is 0. The van der Waals surface area contributed by atoms with Crippen LogP contribution >= 0.6 is 13.5 Å². The van der Waals surface area contributed by atoms with Crippen LogP contribution in [0.3, 0.4) is 0 Å². The zero-order valence-corrected chi connectivity index (χ0v) is 11.8. The van der Waals surface area contributed by atoms with Crippen LogP contribution in [-0.2, 0) is 36.5 Å². The molecule has 5 heteroatoms. The quantitative estimate of drug-likeness (QED) is 0.474. The van der Waals surface area contributed by atoms with Crippen LogP contribution in [0.2, 0.25) is 0 Å². The van der Waals surface area contributed by atoms with Gasteiger partial charge in [-0.2, -0.15) is 13.5 Å². The molecule has 0 unspecified atom stereocenters. The Labute approximate surface area is 108 Å². The van der Waals surface area contributed by atoms with Crippen molar-refractivity contribution in [2.45, 2.75) is 0 Å². The summed E-state index contributed by atoms with van der Waals surface area (Å²) in [5.74, 6) is 0. The van der Waals surface area contributed by atoms with Crippen molar-refractivity contribution in [3.63, 3.8) is 0 Å². The minimum Gasteiger partial charge on any atom is -0.197 e. The predicted octanol–water partition coefficient (Wildman–Crippen LogP) is -0.654. The molecule has 0 heterocycles. The number of hydrogen-bond acceptors (Lipinski definition) is 0. The third-order valence-corrected chi connectivity index (χ3v) is 0. The third-order valence-electron chi connectivity index (χ3n) is 0. The Morgan fingerprint density at radius 3 is 1.00 bits per heavy atom. The Hall–Kier alpha value is 3.52. The van der Waals surface area contributed by atoms with E-state index >= 15 is 0 Å². The van der Waals surface area contributed by atoms with Crippen LogP contribution in [0.25, 0.3) is 0 Å². The second kappa shape index (κ2) is 25.8. The van der Waals surface area contributed by atoms with Gasteiger partial charge in [0, 0.05) is 97.3 Å². The fraction of sp³-hybridized carbons (Fsp3) is 0. The van der Waals surface area contributed by atoms with Gasteiger partial charge in [-0.15, -0.1) is 0 Å². The van der Waals surface area contributed by atoms with E-state index in [2.05, 4.69) is 0 Å². The Kier molecular flexibility index (Phi) is 201. The summed E-state index contributed by atoms with van der Waals surface area (Å²) in [6.45, 7) is 0. The largest absolute Gasteiger partial charge is 0.197 e. The van der Waals surface area contributed by atoms with Gasteiger partial charge < -0.3 is 0 Å². The second-order valence-corrected chi connectivity index (χ2v) is 0. The van der Waals surface area contributed by atoms with Crippen molar-refractivity contribution < 1.29 is 36.5 Å². The molecular weight excluding hydrogens is 217 g/mol. The average Bonchev–Trinajstić information content (AvgIpc) is 0. The SMILES string of the molecule is S.[Ca].[Mg].[Mn].[Zn]. The number of hydrogen-bond donors (Lipinski definition) is 0. The summed E-state index contributed by atoms with van der Waals surface area (Å²) >= 11 is 0. The molecule has 0 atom stereocenters. The van der Waals surface area contributed by atoms with Crippen molar-refractivity contribution in [1.82, 2.24) is 0 Å². The van der Waals surface area contributed by atoms with E-state index in [9.17, 15) is 0 Å². The van der Waals surface area contributed by atoms with E-state index in [-0.39, 0.29) is 111 Å². The molecule has 5 radical (unpaired) electrons. The van der Waals surface area contributed by atoms with E-state index in [0.717, 1.165) is 0 Å². The van der Waals surface area contributed by atoms with Gasteiger partial charge in [0.1, 0.15) is 0 Å². The monoisotopic (exact) mass is 217 g/mol. The molecule has 0 rings (SSSR count). The average molecular weight is 219 g/mol. The van der Waals surface area contributed by atoms with Crippen LogP contribution in [0.4, 0.5) is 0 Å². The normalized spacial score (nSPS) is 0. The van der Waals surface area contributed by atoms with Crippen molar-refractivity contribution >= 4 is 74.3 Å². The molecule has 0 aliphatic heterocycles. The van der Waals surface area contributed by atoms with Crippen molar-refractivity contribution in [2.24, 2.45) is 0 Å². The molecule has 0 spiro atoms. The van der Waals surface area contributed by atoms with Gasteiger partial charge in [-0.25, -0.2) is 0 Å². The first kappa shape index (κ1) is 38.9. The molecule has 0 aliphatic rings. The van der Waals surface area contributed by atoms with Crippen molar-refractivity contribution in [3.8, 4) is 0 Å². The summed E-state index contributed by atoms with van der Waals surface area (Å²) < 4.78 is 0. The second-order valence-electron chi connectivity index (χ2n) is 0. The van der Waals surface area contributed by atoms with Gasteiger partial charge >= 0.3 is 0 Å². The van der Waals surface area contributed by atoms with E-state index < -0.39 is 0 Å². The first-order valence-electron chi connectivity index (χ1n) is 0. The molecule has 0 fully saturated rings. The summed E-state index contributed by atoms with van der Waals surface area (Å²) in [7, 11) is 0. The van der Waals surface area contributed by atoms with Crippen molar-refractivity contribution in [3.05, 3.63) is 0 Å². The fourth-order valence-electron chi connectivity index (χ4n) is 0.